The minimum Gasteiger partial charge on any atom is -0.465 e. The zero-order valence-electron chi connectivity index (χ0n) is 10.9. The number of halogens is 2. The molecule has 1 saturated carbocycles. The first-order valence-corrected chi connectivity index (χ1v) is 6.43. The van der Waals surface area contributed by atoms with Crippen molar-refractivity contribution in [3.05, 3.63) is 35.4 Å². The predicted octanol–water partition coefficient (Wildman–Crippen LogP) is 2.49. The molecule has 5 heteroatoms. The van der Waals surface area contributed by atoms with E-state index in [9.17, 15) is 13.6 Å². The van der Waals surface area contributed by atoms with Crippen LogP contribution in [0.2, 0.25) is 0 Å². The molecule has 0 bridgehead atoms. The maximum absolute atomic E-state index is 13.6. The summed E-state index contributed by atoms with van der Waals surface area (Å²) in [6.45, 7) is 2.42. The molecule has 0 saturated heterocycles. The lowest BCUT2D eigenvalue weighted by molar-refractivity contribution is -0.144. The third-order valence-electron chi connectivity index (χ3n) is 3.08. The summed E-state index contributed by atoms with van der Waals surface area (Å²) in [6, 6.07) is 3.65. The SMILES string of the molecule is CCOC(=O)CN(Cc1cc(F)ccc1F)C1CC1. The molecule has 0 amide bonds. The Bertz CT molecular complexity index is 461. The lowest BCUT2D eigenvalue weighted by Gasteiger charge is -2.21. The van der Waals surface area contributed by atoms with Gasteiger partial charge in [-0.05, 0) is 38.0 Å². The topological polar surface area (TPSA) is 29.5 Å². The van der Waals surface area contributed by atoms with Crippen LogP contribution in [0.25, 0.3) is 0 Å². The van der Waals surface area contributed by atoms with Crippen LogP contribution < -0.4 is 0 Å². The summed E-state index contributed by atoms with van der Waals surface area (Å²) >= 11 is 0. The molecule has 0 aromatic heterocycles. The first kappa shape index (κ1) is 13.9. The molecule has 1 aromatic carbocycles. The quantitative estimate of drug-likeness (QED) is 0.743. The van der Waals surface area contributed by atoms with Gasteiger partial charge >= 0.3 is 5.97 Å². The average Bonchev–Trinajstić information content (AvgIpc) is 3.17. The van der Waals surface area contributed by atoms with Crippen LogP contribution in [0.4, 0.5) is 8.78 Å². The van der Waals surface area contributed by atoms with Crippen molar-refractivity contribution in [2.24, 2.45) is 0 Å². The van der Waals surface area contributed by atoms with E-state index in [1.54, 1.807) is 6.92 Å². The van der Waals surface area contributed by atoms with Gasteiger partial charge in [0.05, 0.1) is 13.2 Å². The highest BCUT2D eigenvalue weighted by atomic mass is 19.1. The summed E-state index contributed by atoms with van der Waals surface area (Å²) in [4.78, 5) is 13.3. The fourth-order valence-corrected chi connectivity index (χ4v) is 2.01. The highest BCUT2D eigenvalue weighted by molar-refractivity contribution is 5.71. The highest BCUT2D eigenvalue weighted by Crippen LogP contribution is 2.28. The van der Waals surface area contributed by atoms with Gasteiger partial charge in [-0.15, -0.1) is 0 Å². The van der Waals surface area contributed by atoms with Gasteiger partial charge in [0.1, 0.15) is 11.6 Å². The summed E-state index contributed by atoms with van der Waals surface area (Å²) in [7, 11) is 0. The molecule has 0 atom stereocenters. The Morgan fingerprint density at radius 1 is 1.42 bits per heavy atom. The maximum atomic E-state index is 13.6. The molecule has 104 valence electrons. The molecule has 0 N–H and O–H groups in total. The molecule has 1 aliphatic carbocycles. The van der Waals surface area contributed by atoms with Crippen LogP contribution in [0, 0.1) is 11.6 Å². The zero-order valence-corrected chi connectivity index (χ0v) is 10.9. The number of carbonyl (C=O) groups excluding carboxylic acids is 1. The second-order valence-electron chi connectivity index (χ2n) is 4.68. The van der Waals surface area contributed by atoms with E-state index in [1.165, 1.54) is 6.07 Å². The van der Waals surface area contributed by atoms with E-state index in [4.69, 9.17) is 4.74 Å². The van der Waals surface area contributed by atoms with Crippen molar-refractivity contribution in [2.45, 2.75) is 32.4 Å². The minimum absolute atomic E-state index is 0.120. The van der Waals surface area contributed by atoms with Crippen LogP contribution >= 0.6 is 0 Å². The van der Waals surface area contributed by atoms with Crippen molar-refractivity contribution in [3.63, 3.8) is 0 Å². The Balaban J connectivity index is 2.04. The van der Waals surface area contributed by atoms with E-state index in [2.05, 4.69) is 0 Å². The number of nitrogens with zero attached hydrogens (tertiary/aromatic N) is 1. The van der Waals surface area contributed by atoms with Gasteiger partial charge in [0.25, 0.3) is 0 Å². The molecule has 2 rings (SSSR count). The third-order valence-corrected chi connectivity index (χ3v) is 3.08. The standard InChI is InChI=1S/C14H17F2NO2/c1-2-19-14(18)9-17(12-4-5-12)8-10-7-11(15)3-6-13(10)16/h3,6-7,12H,2,4-5,8-9H2,1H3. The largest absolute Gasteiger partial charge is 0.465 e. The molecule has 1 aliphatic rings. The summed E-state index contributed by atoms with van der Waals surface area (Å²) in [5, 5.41) is 0. The van der Waals surface area contributed by atoms with E-state index in [-0.39, 0.29) is 30.7 Å². The number of benzene rings is 1. The Morgan fingerprint density at radius 2 is 2.16 bits per heavy atom. The van der Waals surface area contributed by atoms with E-state index < -0.39 is 11.6 Å². The van der Waals surface area contributed by atoms with Gasteiger partial charge in [-0.2, -0.15) is 0 Å². The Labute approximate surface area is 111 Å². The number of carbonyl (C=O) groups is 1. The van der Waals surface area contributed by atoms with Crippen LogP contribution in [0.3, 0.4) is 0 Å². The van der Waals surface area contributed by atoms with Crippen LogP contribution in [0.1, 0.15) is 25.3 Å². The highest BCUT2D eigenvalue weighted by Gasteiger charge is 2.31. The van der Waals surface area contributed by atoms with Gasteiger partial charge in [0.15, 0.2) is 0 Å². The van der Waals surface area contributed by atoms with Crippen molar-refractivity contribution < 1.29 is 18.3 Å². The van der Waals surface area contributed by atoms with Crippen molar-refractivity contribution in [2.75, 3.05) is 13.2 Å². The lowest BCUT2D eigenvalue weighted by atomic mass is 10.2. The van der Waals surface area contributed by atoms with Gasteiger partial charge < -0.3 is 4.74 Å². The second kappa shape index (κ2) is 6.10. The van der Waals surface area contributed by atoms with Gasteiger partial charge in [-0.3, -0.25) is 9.69 Å². The molecule has 0 aliphatic heterocycles. The lowest BCUT2D eigenvalue weighted by Crippen LogP contribution is -2.32. The monoisotopic (exact) mass is 269 g/mol. The fraction of sp³-hybridized carbons (Fsp3) is 0.500. The maximum Gasteiger partial charge on any atom is 0.320 e. The Hall–Kier alpha value is -1.49. The van der Waals surface area contributed by atoms with Crippen molar-refractivity contribution in [1.82, 2.24) is 4.90 Å². The molecule has 0 radical (unpaired) electrons. The fourth-order valence-electron chi connectivity index (χ4n) is 2.01. The van der Waals surface area contributed by atoms with Crippen LogP contribution in [-0.4, -0.2) is 30.1 Å². The first-order valence-electron chi connectivity index (χ1n) is 6.43. The Morgan fingerprint density at radius 3 is 2.79 bits per heavy atom. The smallest absolute Gasteiger partial charge is 0.320 e. The number of rotatable bonds is 6. The molecule has 1 fully saturated rings. The molecule has 1 aromatic rings. The van der Waals surface area contributed by atoms with E-state index in [0.29, 0.717) is 6.61 Å². The Kier molecular flexibility index (Phi) is 4.47. The number of esters is 1. The number of hydrogen-bond donors (Lipinski definition) is 0. The van der Waals surface area contributed by atoms with E-state index in [1.807, 2.05) is 4.90 Å². The second-order valence-corrected chi connectivity index (χ2v) is 4.68. The van der Waals surface area contributed by atoms with Crippen molar-refractivity contribution in [3.8, 4) is 0 Å². The van der Waals surface area contributed by atoms with Gasteiger partial charge in [0.2, 0.25) is 0 Å². The average molecular weight is 269 g/mol. The summed E-state index contributed by atoms with van der Waals surface area (Å²) in [6.07, 6.45) is 1.96. The number of ether oxygens (including phenoxy) is 1. The molecule has 0 heterocycles. The summed E-state index contributed by atoms with van der Waals surface area (Å²) in [5.74, 6) is -1.24. The first-order chi connectivity index (χ1) is 9.10. The van der Waals surface area contributed by atoms with E-state index in [0.717, 1.165) is 25.0 Å². The van der Waals surface area contributed by atoms with Crippen molar-refractivity contribution in [1.29, 1.82) is 0 Å². The summed E-state index contributed by atoms with van der Waals surface area (Å²) in [5.41, 5.74) is 0.274. The normalized spacial score (nSPS) is 14.7. The number of hydrogen-bond acceptors (Lipinski definition) is 3. The molecule has 0 unspecified atom stereocenters. The van der Waals surface area contributed by atoms with E-state index >= 15 is 0 Å². The predicted molar refractivity (Wildman–Crippen MR) is 66.4 cm³/mol. The van der Waals surface area contributed by atoms with Crippen LogP contribution in [-0.2, 0) is 16.1 Å². The summed E-state index contributed by atoms with van der Waals surface area (Å²) < 4.78 is 31.6. The van der Waals surface area contributed by atoms with Gasteiger partial charge in [-0.25, -0.2) is 8.78 Å². The molecule has 0 spiro atoms. The molecule has 3 nitrogen and oxygen atoms in total. The molecular formula is C14H17F2NO2. The van der Waals surface area contributed by atoms with Crippen molar-refractivity contribution >= 4 is 5.97 Å². The molecule has 19 heavy (non-hydrogen) atoms. The van der Waals surface area contributed by atoms with Gasteiger partial charge in [-0.1, -0.05) is 0 Å². The van der Waals surface area contributed by atoms with Crippen LogP contribution in [0.5, 0.6) is 0 Å². The minimum atomic E-state index is -0.469. The van der Waals surface area contributed by atoms with Gasteiger partial charge in [0, 0.05) is 18.2 Å². The molecular weight excluding hydrogens is 252 g/mol. The third kappa shape index (κ3) is 3.99. The van der Waals surface area contributed by atoms with Crippen LogP contribution in [0.15, 0.2) is 18.2 Å². The zero-order chi connectivity index (χ0) is 13.8.